The van der Waals surface area contributed by atoms with E-state index in [-0.39, 0.29) is 11.8 Å². The number of amides is 2. The van der Waals surface area contributed by atoms with Gasteiger partial charge in [0.1, 0.15) is 0 Å². The predicted octanol–water partition coefficient (Wildman–Crippen LogP) is 1.80. The Bertz CT molecular complexity index is 240. The molecule has 0 heterocycles. The Hall–Kier alpha value is -1.06. The molecule has 0 unspecified atom stereocenters. The highest BCUT2D eigenvalue weighted by Crippen LogP contribution is 2.00. The van der Waals surface area contributed by atoms with Gasteiger partial charge in [-0.3, -0.25) is 9.59 Å². The number of nitrogens with zero attached hydrogens (tertiary/aromatic N) is 1. The fraction of sp³-hybridized carbons (Fsp3) is 0.846. The molecular weight excluding hydrogens is 216 g/mol. The highest BCUT2D eigenvalue weighted by molar-refractivity contribution is 5.77. The SMILES string of the molecule is CCCCNC(=O)CCN(CC(C)C)C(C)=O. The van der Waals surface area contributed by atoms with Crippen LogP contribution in [0.15, 0.2) is 0 Å². The van der Waals surface area contributed by atoms with Crippen LogP contribution < -0.4 is 5.32 Å². The third-order valence-electron chi connectivity index (χ3n) is 2.49. The molecule has 1 N–H and O–H groups in total. The summed E-state index contributed by atoms with van der Waals surface area (Å²) in [4.78, 5) is 24.6. The first-order valence-corrected chi connectivity index (χ1v) is 6.49. The molecule has 4 heteroatoms. The standard InChI is InChI=1S/C13H26N2O2/c1-5-6-8-14-13(17)7-9-15(12(4)16)10-11(2)3/h11H,5-10H2,1-4H3,(H,14,17). The molecule has 0 aliphatic carbocycles. The Kier molecular flexibility index (Phi) is 8.46. The third-order valence-corrected chi connectivity index (χ3v) is 2.49. The van der Waals surface area contributed by atoms with Gasteiger partial charge in [-0.1, -0.05) is 27.2 Å². The van der Waals surface area contributed by atoms with Crippen LogP contribution in [-0.4, -0.2) is 36.3 Å². The lowest BCUT2D eigenvalue weighted by atomic mass is 10.2. The maximum atomic E-state index is 11.5. The maximum absolute atomic E-state index is 11.5. The van der Waals surface area contributed by atoms with Crippen molar-refractivity contribution < 1.29 is 9.59 Å². The van der Waals surface area contributed by atoms with Gasteiger partial charge in [0.05, 0.1) is 0 Å². The summed E-state index contributed by atoms with van der Waals surface area (Å²) in [7, 11) is 0. The van der Waals surface area contributed by atoms with Gasteiger partial charge in [-0.2, -0.15) is 0 Å². The molecule has 2 amide bonds. The summed E-state index contributed by atoms with van der Waals surface area (Å²) in [6.07, 6.45) is 2.48. The average molecular weight is 242 g/mol. The molecule has 0 spiro atoms. The maximum Gasteiger partial charge on any atom is 0.221 e. The molecule has 0 atom stereocenters. The monoisotopic (exact) mass is 242 g/mol. The van der Waals surface area contributed by atoms with Gasteiger partial charge in [0.15, 0.2) is 0 Å². The minimum absolute atomic E-state index is 0.0356. The molecule has 0 rings (SSSR count). The molecule has 0 aromatic carbocycles. The van der Waals surface area contributed by atoms with Crippen LogP contribution in [0.1, 0.15) is 47.0 Å². The van der Waals surface area contributed by atoms with E-state index in [1.54, 1.807) is 11.8 Å². The van der Waals surface area contributed by atoms with E-state index in [0.717, 1.165) is 25.9 Å². The van der Waals surface area contributed by atoms with Crippen LogP contribution in [0.3, 0.4) is 0 Å². The molecule has 0 radical (unpaired) electrons. The van der Waals surface area contributed by atoms with E-state index in [4.69, 9.17) is 0 Å². The van der Waals surface area contributed by atoms with Crippen LogP contribution in [0.4, 0.5) is 0 Å². The van der Waals surface area contributed by atoms with Gasteiger partial charge < -0.3 is 10.2 Å². The van der Waals surface area contributed by atoms with E-state index in [9.17, 15) is 9.59 Å². The molecule has 0 aromatic heterocycles. The molecular formula is C13H26N2O2. The molecule has 17 heavy (non-hydrogen) atoms. The topological polar surface area (TPSA) is 49.4 Å². The van der Waals surface area contributed by atoms with Gasteiger partial charge in [0.25, 0.3) is 0 Å². The number of nitrogens with one attached hydrogen (secondary N) is 1. The van der Waals surface area contributed by atoms with E-state index in [0.29, 0.717) is 18.9 Å². The lowest BCUT2D eigenvalue weighted by molar-refractivity contribution is -0.130. The van der Waals surface area contributed by atoms with Crippen LogP contribution in [0.25, 0.3) is 0 Å². The van der Waals surface area contributed by atoms with Crippen molar-refractivity contribution >= 4 is 11.8 Å². The molecule has 0 fully saturated rings. The number of hydrogen-bond donors (Lipinski definition) is 1. The van der Waals surface area contributed by atoms with Crippen molar-refractivity contribution in [2.75, 3.05) is 19.6 Å². The Morgan fingerprint density at radius 1 is 1.29 bits per heavy atom. The van der Waals surface area contributed by atoms with Gasteiger partial charge in [0, 0.05) is 33.0 Å². The van der Waals surface area contributed by atoms with E-state index < -0.39 is 0 Å². The molecule has 0 saturated heterocycles. The van der Waals surface area contributed by atoms with Crippen LogP contribution >= 0.6 is 0 Å². The Labute approximate surface area is 105 Å². The second-order valence-corrected chi connectivity index (χ2v) is 4.81. The van der Waals surface area contributed by atoms with E-state index in [1.165, 1.54) is 0 Å². The smallest absolute Gasteiger partial charge is 0.221 e. The van der Waals surface area contributed by atoms with Gasteiger partial charge in [-0.25, -0.2) is 0 Å². The number of carbonyl (C=O) groups excluding carboxylic acids is 2. The molecule has 0 saturated carbocycles. The van der Waals surface area contributed by atoms with Crippen molar-refractivity contribution in [2.24, 2.45) is 5.92 Å². The summed E-state index contributed by atoms with van der Waals surface area (Å²) < 4.78 is 0. The summed E-state index contributed by atoms with van der Waals surface area (Å²) >= 11 is 0. The molecule has 0 aliphatic rings. The zero-order chi connectivity index (χ0) is 13.3. The highest BCUT2D eigenvalue weighted by atomic mass is 16.2. The Morgan fingerprint density at radius 3 is 2.41 bits per heavy atom. The lowest BCUT2D eigenvalue weighted by Crippen LogP contribution is -2.36. The molecule has 4 nitrogen and oxygen atoms in total. The van der Waals surface area contributed by atoms with E-state index >= 15 is 0 Å². The van der Waals surface area contributed by atoms with Crippen molar-refractivity contribution in [3.63, 3.8) is 0 Å². The third kappa shape index (κ3) is 8.72. The van der Waals surface area contributed by atoms with Crippen molar-refractivity contribution in [2.45, 2.75) is 47.0 Å². The predicted molar refractivity (Wildman–Crippen MR) is 69.6 cm³/mol. The van der Waals surface area contributed by atoms with Crippen LogP contribution in [-0.2, 0) is 9.59 Å². The first-order valence-electron chi connectivity index (χ1n) is 6.49. The summed E-state index contributed by atoms with van der Waals surface area (Å²) in [6, 6.07) is 0. The van der Waals surface area contributed by atoms with Crippen molar-refractivity contribution in [1.82, 2.24) is 10.2 Å². The first kappa shape index (κ1) is 15.9. The zero-order valence-corrected chi connectivity index (χ0v) is 11.6. The molecule has 0 aromatic rings. The fourth-order valence-electron chi connectivity index (χ4n) is 1.55. The second kappa shape index (κ2) is 9.02. The number of unbranched alkanes of at least 4 members (excludes halogenated alkanes) is 1. The van der Waals surface area contributed by atoms with Gasteiger partial charge in [-0.05, 0) is 12.3 Å². The van der Waals surface area contributed by atoms with Crippen molar-refractivity contribution in [1.29, 1.82) is 0 Å². The fourth-order valence-corrected chi connectivity index (χ4v) is 1.55. The first-order chi connectivity index (χ1) is 7.97. The summed E-state index contributed by atoms with van der Waals surface area (Å²) in [5.74, 6) is 0.510. The number of hydrogen-bond acceptors (Lipinski definition) is 2. The molecule has 0 aliphatic heterocycles. The Balaban J connectivity index is 3.87. The Morgan fingerprint density at radius 2 is 1.94 bits per heavy atom. The summed E-state index contributed by atoms with van der Waals surface area (Å²) in [6.45, 7) is 9.75. The van der Waals surface area contributed by atoms with Crippen LogP contribution in [0.5, 0.6) is 0 Å². The number of rotatable bonds is 8. The zero-order valence-electron chi connectivity index (χ0n) is 11.6. The van der Waals surface area contributed by atoms with E-state index in [2.05, 4.69) is 26.1 Å². The van der Waals surface area contributed by atoms with Crippen LogP contribution in [0, 0.1) is 5.92 Å². The van der Waals surface area contributed by atoms with Crippen LogP contribution in [0.2, 0.25) is 0 Å². The quantitative estimate of drug-likeness (QED) is 0.660. The average Bonchev–Trinajstić information content (AvgIpc) is 2.23. The van der Waals surface area contributed by atoms with E-state index in [1.807, 2.05) is 0 Å². The highest BCUT2D eigenvalue weighted by Gasteiger charge is 2.12. The van der Waals surface area contributed by atoms with Crippen molar-refractivity contribution in [3.8, 4) is 0 Å². The molecule has 0 bridgehead atoms. The number of carbonyl (C=O) groups is 2. The summed E-state index contributed by atoms with van der Waals surface area (Å²) in [5.41, 5.74) is 0. The van der Waals surface area contributed by atoms with Crippen molar-refractivity contribution in [3.05, 3.63) is 0 Å². The summed E-state index contributed by atoms with van der Waals surface area (Å²) in [5, 5.41) is 2.85. The lowest BCUT2D eigenvalue weighted by Gasteiger charge is -2.22. The van der Waals surface area contributed by atoms with Gasteiger partial charge in [-0.15, -0.1) is 0 Å². The molecule has 100 valence electrons. The minimum Gasteiger partial charge on any atom is -0.356 e. The second-order valence-electron chi connectivity index (χ2n) is 4.81. The normalized spacial score (nSPS) is 10.4. The minimum atomic E-state index is 0.0356. The van der Waals surface area contributed by atoms with Gasteiger partial charge >= 0.3 is 0 Å². The largest absolute Gasteiger partial charge is 0.356 e. The van der Waals surface area contributed by atoms with Gasteiger partial charge in [0.2, 0.25) is 11.8 Å².